The maximum absolute atomic E-state index is 11.7. The molecule has 104 valence electrons. The van der Waals surface area contributed by atoms with Crippen molar-refractivity contribution >= 4 is 11.7 Å². The Morgan fingerprint density at radius 2 is 2.16 bits per heavy atom. The second-order valence-corrected chi connectivity index (χ2v) is 5.99. The van der Waals surface area contributed by atoms with Crippen molar-refractivity contribution in [1.29, 1.82) is 0 Å². The monoisotopic (exact) mass is 262 g/mol. The van der Waals surface area contributed by atoms with Crippen molar-refractivity contribution in [3.05, 3.63) is 23.9 Å². The predicted molar refractivity (Wildman–Crippen MR) is 76.0 cm³/mol. The summed E-state index contributed by atoms with van der Waals surface area (Å²) in [5.41, 5.74) is 6.67. The van der Waals surface area contributed by atoms with E-state index in [2.05, 4.69) is 24.1 Å². The number of aromatic nitrogens is 1. The lowest BCUT2D eigenvalue weighted by atomic mass is 9.63. The molecule has 0 aliphatic heterocycles. The van der Waals surface area contributed by atoms with Gasteiger partial charge in [-0.3, -0.25) is 4.79 Å². The molecule has 5 nitrogen and oxygen atoms in total. The normalized spacial score (nSPS) is 24.5. The number of carbonyl (C=O) groups excluding carboxylic acids is 1. The van der Waals surface area contributed by atoms with Gasteiger partial charge in [-0.2, -0.15) is 0 Å². The van der Waals surface area contributed by atoms with E-state index < -0.39 is 0 Å². The topological polar surface area (TPSA) is 71.2 Å². The smallest absolute Gasteiger partial charge is 0.254 e. The highest BCUT2D eigenvalue weighted by Crippen LogP contribution is 2.40. The molecule has 1 aliphatic carbocycles. The fourth-order valence-corrected chi connectivity index (χ4v) is 2.25. The first-order chi connectivity index (χ1) is 8.82. The minimum atomic E-state index is -0.0370. The number of amides is 1. The van der Waals surface area contributed by atoms with Crippen LogP contribution < -0.4 is 11.1 Å². The number of carbonyl (C=O) groups is 1. The van der Waals surface area contributed by atoms with E-state index in [9.17, 15) is 4.79 Å². The lowest BCUT2D eigenvalue weighted by molar-refractivity contribution is 0.0827. The first-order valence-electron chi connectivity index (χ1n) is 6.52. The molecule has 2 rings (SSSR count). The number of anilines is 1. The number of nitrogens with zero attached hydrogens (tertiary/aromatic N) is 2. The Labute approximate surface area is 114 Å². The van der Waals surface area contributed by atoms with Crippen molar-refractivity contribution in [2.24, 2.45) is 11.1 Å². The van der Waals surface area contributed by atoms with E-state index in [0.717, 1.165) is 12.2 Å². The fraction of sp³-hybridized carbons (Fsp3) is 0.571. The zero-order chi connectivity index (χ0) is 14.2. The molecule has 0 radical (unpaired) electrons. The molecule has 5 heteroatoms. The number of hydrogen-bond acceptors (Lipinski definition) is 4. The summed E-state index contributed by atoms with van der Waals surface area (Å²) in [6.45, 7) is 4.31. The van der Waals surface area contributed by atoms with Gasteiger partial charge in [-0.1, -0.05) is 13.8 Å². The fourth-order valence-electron chi connectivity index (χ4n) is 2.25. The maximum Gasteiger partial charge on any atom is 0.254 e. The van der Waals surface area contributed by atoms with Gasteiger partial charge in [0.2, 0.25) is 0 Å². The Hall–Kier alpha value is -1.62. The van der Waals surface area contributed by atoms with Crippen molar-refractivity contribution in [2.45, 2.75) is 32.4 Å². The van der Waals surface area contributed by atoms with Gasteiger partial charge >= 0.3 is 0 Å². The molecule has 3 N–H and O–H groups in total. The number of nitrogens with one attached hydrogen (secondary N) is 1. The van der Waals surface area contributed by atoms with E-state index in [-0.39, 0.29) is 17.4 Å². The Bertz CT molecular complexity index is 467. The summed E-state index contributed by atoms with van der Waals surface area (Å²) in [5, 5.41) is 3.38. The highest BCUT2D eigenvalue weighted by Gasteiger charge is 2.46. The van der Waals surface area contributed by atoms with Gasteiger partial charge in [-0.15, -0.1) is 0 Å². The highest BCUT2D eigenvalue weighted by atomic mass is 16.2. The average Bonchev–Trinajstić information content (AvgIpc) is 2.38. The van der Waals surface area contributed by atoms with Crippen LogP contribution in [0.5, 0.6) is 0 Å². The van der Waals surface area contributed by atoms with Crippen molar-refractivity contribution < 1.29 is 4.79 Å². The van der Waals surface area contributed by atoms with Crippen molar-refractivity contribution in [3.8, 4) is 0 Å². The number of pyridine rings is 1. The van der Waals surface area contributed by atoms with Crippen LogP contribution in [-0.4, -0.2) is 42.0 Å². The van der Waals surface area contributed by atoms with Crippen LogP contribution in [0.3, 0.4) is 0 Å². The third kappa shape index (κ3) is 2.56. The van der Waals surface area contributed by atoms with Gasteiger partial charge in [0.1, 0.15) is 5.82 Å². The largest absolute Gasteiger partial charge is 0.367 e. The summed E-state index contributed by atoms with van der Waals surface area (Å²) < 4.78 is 0. The van der Waals surface area contributed by atoms with Gasteiger partial charge in [0.25, 0.3) is 5.91 Å². The van der Waals surface area contributed by atoms with Gasteiger partial charge in [0.15, 0.2) is 0 Å². The van der Waals surface area contributed by atoms with Crippen LogP contribution in [0.15, 0.2) is 18.3 Å². The Morgan fingerprint density at radius 1 is 1.47 bits per heavy atom. The van der Waals surface area contributed by atoms with E-state index >= 15 is 0 Å². The Balaban J connectivity index is 2.02. The zero-order valence-corrected chi connectivity index (χ0v) is 12.0. The molecular weight excluding hydrogens is 240 g/mol. The van der Waals surface area contributed by atoms with E-state index in [1.165, 1.54) is 4.90 Å². The molecular formula is C14H22N4O. The third-order valence-corrected chi connectivity index (χ3v) is 4.08. The molecule has 0 saturated heterocycles. The third-order valence-electron chi connectivity index (χ3n) is 4.08. The van der Waals surface area contributed by atoms with Crippen LogP contribution in [0, 0.1) is 5.41 Å². The lowest BCUT2D eigenvalue weighted by Gasteiger charge is -2.50. The van der Waals surface area contributed by atoms with E-state index in [0.29, 0.717) is 11.6 Å². The van der Waals surface area contributed by atoms with Crippen LogP contribution in [0.25, 0.3) is 0 Å². The summed E-state index contributed by atoms with van der Waals surface area (Å²) >= 11 is 0. The molecule has 1 heterocycles. The van der Waals surface area contributed by atoms with Crippen LogP contribution in [-0.2, 0) is 0 Å². The highest BCUT2D eigenvalue weighted by molar-refractivity contribution is 5.93. The maximum atomic E-state index is 11.7. The average molecular weight is 262 g/mol. The van der Waals surface area contributed by atoms with Gasteiger partial charge in [-0.05, 0) is 18.6 Å². The SMILES string of the molecule is CN(C)C(=O)c1ccc(NC2CC(N)C2(C)C)nc1. The zero-order valence-electron chi connectivity index (χ0n) is 12.0. The van der Waals surface area contributed by atoms with Gasteiger partial charge in [0.05, 0.1) is 5.56 Å². The summed E-state index contributed by atoms with van der Waals surface area (Å²) in [6, 6.07) is 4.21. The van der Waals surface area contributed by atoms with Crippen molar-refractivity contribution in [1.82, 2.24) is 9.88 Å². The molecule has 1 amide bonds. The lowest BCUT2D eigenvalue weighted by Crippen LogP contribution is -2.61. The quantitative estimate of drug-likeness (QED) is 0.862. The number of nitrogens with two attached hydrogens (primary N) is 1. The van der Waals surface area contributed by atoms with Crippen LogP contribution in [0.4, 0.5) is 5.82 Å². The molecule has 0 bridgehead atoms. The van der Waals surface area contributed by atoms with Gasteiger partial charge in [-0.25, -0.2) is 4.98 Å². The van der Waals surface area contributed by atoms with E-state index in [1.807, 2.05) is 6.07 Å². The van der Waals surface area contributed by atoms with E-state index in [1.54, 1.807) is 26.4 Å². The molecule has 0 aromatic carbocycles. The molecule has 2 atom stereocenters. The van der Waals surface area contributed by atoms with Crippen molar-refractivity contribution in [3.63, 3.8) is 0 Å². The van der Waals surface area contributed by atoms with Crippen LogP contribution in [0.2, 0.25) is 0 Å². The molecule has 0 spiro atoms. The Kier molecular flexibility index (Phi) is 3.49. The molecule has 1 fully saturated rings. The predicted octanol–water partition coefficient (Wildman–Crippen LogP) is 1.32. The second kappa shape index (κ2) is 4.81. The van der Waals surface area contributed by atoms with Gasteiger partial charge < -0.3 is 16.0 Å². The van der Waals surface area contributed by atoms with Crippen molar-refractivity contribution in [2.75, 3.05) is 19.4 Å². The molecule has 2 unspecified atom stereocenters. The molecule has 1 saturated carbocycles. The summed E-state index contributed by atoms with van der Waals surface area (Å²) in [5.74, 6) is 0.755. The summed E-state index contributed by atoms with van der Waals surface area (Å²) in [4.78, 5) is 17.6. The number of rotatable bonds is 3. The minimum Gasteiger partial charge on any atom is -0.367 e. The molecule has 1 aromatic heterocycles. The standard InChI is InChI=1S/C14H22N4O/c1-14(2)10(15)7-11(14)17-12-6-5-9(8-16-12)13(19)18(3)4/h5-6,8,10-11H,7,15H2,1-4H3,(H,16,17). The van der Waals surface area contributed by atoms with Gasteiger partial charge in [0, 0.05) is 37.8 Å². The first-order valence-corrected chi connectivity index (χ1v) is 6.52. The molecule has 1 aliphatic rings. The van der Waals surface area contributed by atoms with Crippen LogP contribution >= 0.6 is 0 Å². The van der Waals surface area contributed by atoms with Crippen LogP contribution in [0.1, 0.15) is 30.6 Å². The minimum absolute atomic E-state index is 0.0370. The first kappa shape index (κ1) is 13.8. The second-order valence-electron chi connectivity index (χ2n) is 5.99. The molecule has 1 aromatic rings. The summed E-state index contributed by atoms with van der Waals surface area (Å²) in [7, 11) is 3.46. The summed E-state index contributed by atoms with van der Waals surface area (Å²) in [6.07, 6.45) is 2.56. The molecule has 19 heavy (non-hydrogen) atoms. The number of hydrogen-bond donors (Lipinski definition) is 2. The Morgan fingerprint density at radius 3 is 2.58 bits per heavy atom. The van der Waals surface area contributed by atoms with E-state index in [4.69, 9.17) is 5.73 Å².